The van der Waals surface area contributed by atoms with Gasteiger partial charge in [0.05, 0.1) is 5.56 Å². The van der Waals surface area contributed by atoms with Gasteiger partial charge in [-0.05, 0) is 36.8 Å². The maximum absolute atomic E-state index is 11.1. The van der Waals surface area contributed by atoms with Crippen LogP contribution in [0.25, 0.3) is 0 Å². The van der Waals surface area contributed by atoms with Crippen molar-refractivity contribution in [2.24, 2.45) is 0 Å². The summed E-state index contributed by atoms with van der Waals surface area (Å²) in [5, 5.41) is 12.9. The van der Waals surface area contributed by atoms with Gasteiger partial charge in [-0.2, -0.15) is 11.8 Å². The summed E-state index contributed by atoms with van der Waals surface area (Å²) in [4.78, 5) is 11.1. The summed E-state index contributed by atoms with van der Waals surface area (Å²) in [5.41, 5.74) is 0.905. The van der Waals surface area contributed by atoms with Crippen LogP contribution in [0, 0.1) is 0 Å². The van der Waals surface area contributed by atoms with Crippen LogP contribution in [0.4, 0.5) is 5.69 Å². The minimum atomic E-state index is -0.946. The third-order valence-electron chi connectivity index (χ3n) is 2.73. The molecule has 1 aliphatic rings. The predicted molar refractivity (Wildman–Crippen MR) is 72.4 cm³/mol. The van der Waals surface area contributed by atoms with E-state index in [1.165, 1.54) is 18.2 Å². The van der Waals surface area contributed by atoms with Crippen LogP contribution in [0.1, 0.15) is 23.2 Å². The summed E-state index contributed by atoms with van der Waals surface area (Å²) in [6, 6.07) is 5.30. The fourth-order valence-corrected chi connectivity index (χ4v) is 3.14. The molecule has 1 atom stereocenters. The molecule has 5 heteroatoms. The predicted octanol–water partition coefficient (Wildman–Crippen LogP) is 3.35. The highest BCUT2D eigenvalue weighted by molar-refractivity contribution is 7.99. The van der Waals surface area contributed by atoms with Crippen LogP contribution in [0.2, 0.25) is 5.02 Å². The molecule has 0 radical (unpaired) electrons. The number of hydrogen-bond acceptors (Lipinski definition) is 3. The fourth-order valence-electron chi connectivity index (χ4n) is 1.89. The summed E-state index contributed by atoms with van der Waals surface area (Å²) >= 11 is 7.71. The monoisotopic (exact) mass is 271 g/mol. The van der Waals surface area contributed by atoms with Crippen LogP contribution in [-0.4, -0.2) is 28.6 Å². The molecule has 1 saturated heterocycles. The average Bonchev–Trinajstić information content (AvgIpc) is 2.32. The molecule has 0 aliphatic carbocycles. The summed E-state index contributed by atoms with van der Waals surface area (Å²) in [7, 11) is 0. The molecule has 3 nitrogen and oxygen atoms in total. The van der Waals surface area contributed by atoms with E-state index in [2.05, 4.69) is 5.32 Å². The normalized spacial score (nSPS) is 19.9. The third kappa shape index (κ3) is 3.30. The highest BCUT2D eigenvalue weighted by Crippen LogP contribution is 2.25. The van der Waals surface area contributed by atoms with Gasteiger partial charge in [0, 0.05) is 22.5 Å². The number of halogens is 1. The van der Waals surface area contributed by atoms with Gasteiger partial charge in [-0.25, -0.2) is 4.79 Å². The van der Waals surface area contributed by atoms with Crippen LogP contribution in [0.15, 0.2) is 18.2 Å². The minimum absolute atomic E-state index is 0.244. The largest absolute Gasteiger partial charge is 0.478 e. The Kier molecular flexibility index (Phi) is 4.18. The van der Waals surface area contributed by atoms with Gasteiger partial charge >= 0.3 is 5.97 Å². The van der Waals surface area contributed by atoms with E-state index in [1.54, 1.807) is 12.1 Å². The van der Waals surface area contributed by atoms with Crippen molar-refractivity contribution in [1.29, 1.82) is 0 Å². The molecule has 0 saturated carbocycles. The Labute approximate surface area is 110 Å². The van der Waals surface area contributed by atoms with Gasteiger partial charge < -0.3 is 10.4 Å². The van der Waals surface area contributed by atoms with E-state index < -0.39 is 5.97 Å². The Morgan fingerprint density at radius 3 is 3.00 bits per heavy atom. The first-order valence-electron chi connectivity index (χ1n) is 5.54. The highest BCUT2D eigenvalue weighted by atomic mass is 35.5. The van der Waals surface area contributed by atoms with Crippen LogP contribution in [0.5, 0.6) is 0 Å². The average molecular weight is 272 g/mol. The molecular weight excluding hydrogens is 258 g/mol. The van der Waals surface area contributed by atoms with Crippen LogP contribution >= 0.6 is 23.4 Å². The van der Waals surface area contributed by atoms with Gasteiger partial charge in [0.2, 0.25) is 0 Å². The Morgan fingerprint density at radius 2 is 2.35 bits per heavy atom. The van der Waals surface area contributed by atoms with E-state index >= 15 is 0 Å². The number of rotatable bonds is 3. The number of nitrogens with one attached hydrogen (secondary N) is 1. The zero-order valence-corrected chi connectivity index (χ0v) is 10.9. The van der Waals surface area contributed by atoms with Crippen molar-refractivity contribution in [3.05, 3.63) is 28.8 Å². The van der Waals surface area contributed by atoms with E-state index in [1.807, 2.05) is 11.8 Å². The number of carboxylic acids is 1. The quantitative estimate of drug-likeness (QED) is 0.885. The third-order valence-corrected chi connectivity index (χ3v) is 4.18. The van der Waals surface area contributed by atoms with Gasteiger partial charge in [0.1, 0.15) is 0 Å². The van der Waals surface area contributed by atoms with E-state index in [-0.39, 0.29) is 5.56 Å². The van der Waals surface area contributed by atoms with Crippen molar-refractivity contribution in [2.45, 2.75) is 18.9 Å². The van der Waals surface area contributed by atoms with Gasteiger partial charge in [0.15, 0.2) is 0 Å². The van der Waals surface area contributed by atoms with Crippen LogP contribution in [-0.2, 0) is 0 Å². The lowest BCUT2D eigenvalue weighted by Gasteiger charge is -2.24. The van der Waals surface area contributed by atoms with E-state index in [0.717, 1.165) is 12.2 Å². The van der Waals surface area contributed by atoms with Crippen LogP contribution in [0.3, 0.4) is 0 Å². The molecule has 0 amide bonds. The van der Waals surface area contributed by atoms with E-state index in [4.69, 9.17) is 16.7 Å². The number of thioether (sulfide) groups is 1. The Hall–Kier alpha value is -0.870. The Morgan fingerprint density at radius 1 is 1.53 bits per heavy atom. The lowest BCUT2D eigenvalue weighted by atomic mass is 10.1. The van der Waals surface area contributed by atoms with Crippen LogP contribution < -0.4 is 5.32 Å². The summed E-state index contributed by atoms with van der Waals surface area (Å²) in [5.74, 6) is 1.28. The zero-order valence-electron chi connectivity index (χ0n) is 9.28. The molecule has 0 spiro atoms. The molecule has 17 heavy (non-hydrogen) atoms. The second-order valence-electron chi connectivity index (χ2n) is 4.05. The van der Waals surface area contributed by atoms with Crippen molar-refractivity contribution < 1.29 is 9.90 Å². The minimum Gasteiger partial charge on any atom is -0.478 e. The molecule has 1 aromatic rings. The van der Waals surface area contributed by atoms with Gasteiger partial charge in [0.25, 0.3) is 0 Å². The van der Waals surface area contributed by atoms with E-state index in [9.17, 15) is 4.79 Å². The van der Waals surface area contributed by atoms with Crippen molar-refractivity contribution in [3.8, 4) is 0 Å². The maximum atomic E-state index is 11.1. The SMILES string of the molecule is O=C(O)c1cc(Cl)ccc1NC1CCCSC1. The molecular formula is C12H14ClNO2S. The summed E-state index contributed by atoms with van der Waals surface area (Å²) in [6.45, 7) is 0. The molecule has 1 unspecified atom stereocenters. The summed E-state index contributed by atoms with van der Waals surface area (Å²) in [6.07, 6.45) is 2.27. The molecule has 1 fully saturated rings. The van der Waals surface area contributed by atoms with Crippen molar-refractivity contribution in [2.75, 3.05) is 16.8 Å². The van der Waals surface area contributed by atoms with Crippen molar-refractivity contribution in [1.82, 2.24) is 0 Å². The Balaban J connectivity index is 2.16. The lowest BCUT2D eigenvalue weighted by molar-refractivity contribution is 0.0698. The molecule has 1 aromatic carbocycles. The molecule has 2 N–H and O–H groups in total. The molecule has 0 aromatic heterocycles. The summed E-state index contributed by atoms with van der Waals surface area (Å²) < 4.78 is 0. The molecule has 1 aliphatic heterocycles. The first kappa shape index (κ1) is 12.6. The first-order valence-corrected chi connectivity index (χ1v) is 7.07. The number of hydrogen-bond donors (Lipinski definition) is 2. The second kappa shape index (κ2) is 5.65. The topological polar surface area (TPSA) is 49.3 Å². The first-order chi connectivity index (χ1) is 8.16. The van der Waals surface area contributed by atoms with E-state index in [0.29, 0.717) is 16.8 Å². The second-order valence-corrected chi connectivity index (χ2v) is 5.64. The lowest BCUT2D eigenvalue weighted by Crippen LogP contribution is -2.26. The highest BCUT2D eigenvalue weighted by Gasteiger charge is 2.17. The standard InChI is InChI=1S/C12H14ClNO2S/c13-8-3-4-11(10(6-8)12(15)16)14-9-2-1-5-17-7-9/h3-4,6,9,14H,1-2,5,7H2,(H,15,16). The molecule has 1 heterocycles. The number of anilines is 1. The smallest absolute Gasteiger partial charge is 0.337 e. The Bertz CT molecular complexity index is 419. The molecule has 0 bridgehead atoms. The number of aromatic carboxylic acids is 1. The number of benzene rings is 1. The number of carbonyl (C=O) groups is 1. The zero-order chi connectivity index (χ0) is 12.3. The van der Waals surface area contributed by atoms with Crippen molar-refractivity contribution in [3.63, 3.8) is 0 Å². The molecule has 2 rings (SSSR count). The maximum Gasteiger partial charge on any atom is 0.337 e. The van der Waals surface area contributed by atoms with Gasteiger partial charge in [-0.1, -0.05) is 11.6 Å². The van der Waals surface area contributed by atoms with Crippen molar-refractivity contribution >= 4 is 35.0 Å². The molecule has 92 valence electrons. The number of carboxylic acid groups (broad SMARTS) is 1. The van der Waals surface area contributed by atoms with Gasteiger partial charge in [-0.15, -0.1) is 0 Å². The fraction of sp³-hybridized carbons (Fsp3) is 0.417. The van der Waals surface area contributed by atoms with Gasteiger partial charge in [-0.3, -0.25) is 0 Å².